The number of alkyl halides is 1. The third kappa shape index (κ3) is 4.60. The Hall–Kier alpha value is -2.23. The summed E-state index contributed by atoms with van der Waals surface area (Å²) in [4.78, 5) is 6.83. The van der Waals surface area contributed by atoms with Gasteiger partial charge in [-0.1, -0.05) is 12.1 Å². The fraction of sp³-hybridized carbons (Fsp3) is 0.522. The molecule has 0 spiro atoms. The maximum atomic E-state index is 15.0. The van der Waals surface area contributed by atoms with E-state index in [4.69, 9.17) is 9.47 Å². The van der Waals surface area contributed by atoms with Crippen LogP contribution >= 0.6 is 0 Å². The number of aromatic nitrogens is 1. The molecule has 2 heterocycles. The monoisotopic (exact) mass is 463 g/mol. The summed E-state index contributed by atoms with van der Waals surface area (Å²) in [6.07, 6.45) is 2.07. The Balaban J connectivity index is 1.53. The number of hydrogen-bond donors (Lipinski definition) is 1. The molecule has 1 aliphatic carbocycles. The van der Waals surface area contributed by atoms with Crippen molar-refractivity contribution >= 4 is 15.7 Å². The van der Waals surface area contributed by atoms with E-state index in [1.165, 1.54) is 19.2 Å². The molecule has 4 rings (SSSR count). The number of halogens is 1. The van der Waals surface area contributed by atoms with Gasteiger partial charge in [-0.15, -0.1) is 0 Å². The van der Waals surface area contributed by atoms with Crippen molar-refractivity contribution in [1.29, 1.82) is 0 Å². The van der Waals surface area contributed by atoms with Gasteiger partial charge >= 0.3 is 0 Å². The second-order valence-corrected chi connectivity index (χ2v) is 10.2. The Bertz CT molecular complexity index is 1070. The van der Waals surface area contributed by atoms with Crippen LogP contribution in [0.25, 0.3) is 0 Å². The number of nitrogens with zero attached hydrogens (tertiary/aromatic N) is 2. The van der Waals surface area contributed by atoms with Crippen LogP contribution in [-0.4, -0.2) is 58.3 Å². The summed E-state index contributed by atoms with van der Waals surface area (Å²) < 4.78 is 54.5. The fourth-order valence-electron chi connectivity index (χ4n) is 4.34. The molecular weight excluding hydrogens is 433 g/mol. The summed E-state index contributed by atoms with van der Waals surface area (Å²) >= 11 is 0. The maximum absolute atomic E-state index is 15.0. The highest BCUT2D eigenvalue weighted by Gasteiger charge is 2.46. The summed E-state index contributed by atoms with van der Waals surface area (Å²) in [7, 11) is -0.365. The number of nitrogens with one attached hydrogen (secondary N) is 1. The number of hydrogen-bond acceptors (Lipinski definition) is 6. The van der Waals surface area contributed by atoms with Gasteiger partial charge < -0.3 is 14.4 Å². The van der Waals surface area contributed by atoms with E-state index in [0.717, 1.165) is 37.2 Å². The summed E-state index contributed by atoms with van der Waals surface area (Å²) in [5.74, 6) is 0.243. The van der Waals surface area contributed by atoms with Gasteiger partial charge in [0.1, 0.15) is 11.4 Å². The zero-order valence-electron chi connectivity index (χ0n) is 18.7. The van der Waals surface area contributed by atoms with Gasteiger partial charge in [-0.3, -0.25) is 4.72 Å². The Morgan fingerprint density at radius 1 is 1.22 bits per heavy atom. The lowest BCUT2D eigenvalue weighted by atomic mass is 9.74. The van der Waals surface area contributed by atoms with E-state index in [-0.39, 0.29) is 16.9 Å². The van der Waals surface area contributed by atoms with Crippen LogP contribution in [-0.2, 0) is 33.3 Å². The summed E-state index contributed by atoms with van der Waals surface area (Å²) in [6, 6.07) is 7.76. The number of rotatable bonds is 7. The van der Waals surface area contributed by atoms with Crippen molar-refractivity contribution in [3.63, 3.8) is 0 Å². The Labute approximate surface area is 189 Å². The quantitative estimate of drug-likeness (QED) is 0.679. The first kappa shape index (κ1) is 22.9. The smallest absolute Gasteiger partial charge is 0.262 e. The van der Waals surface area contributed by atoms with Gasteiger partial charge in [0.05, 0.1) is 18.1 Å². The lowest BCUT2D eigenvalue weighted by Crippen LogP contribution is -2.42. The standard InChI is InChI=1S/C23H30FN3O4S/c1-4-31-18-14-23(24,15-18)17-5-7-19(8-6-17)32(28,29)26-21-13-16-9-11-27(2)12-10-20(16)25-22(21)30-3/h5-8,13,18,26H,4,9-12,14-15H2,1-3H3/t18-,23-. The molecule has 174 valence electrons. The highest BCUT2D eigenvalue weighted by Crippen LogP contribution is 2.46. The third-order valence-electron chi connectivity index (χ3n) is 6.27. The molecule has 0 unspecified atom stereocenters. The molecule has 0 bridgehead atoms. The number of anilines is 1. The zero-order valence-corrected chi connectivity index (χ0v) is 19.5. The van der Waals surface area contributed by atoms with Crippen LogP contribution in [0.4, 0.5) is 10.1 Å². The van der Waals surface area contributed by atoms with E-state index < -0.39 is 15.7 Å². The number of pyridine rings is 1. The van der Waals surface area contributed by atoms with Gasteiger partial charge in [0, 0.05) is 44.7 Å². The average molecular weight is 464 g/mol. The molecule has 1 N–H and O–H groups in total. The molecule has 1 aromatic carbocycles. The number of benzene rings is 1. The third-order valence-corrected chi connectivity index (χ3v) is 7.66. The molecule has 9 heteroatoms. The molecule has 0 saturated heterocycles. The zero-order chi connectivity index (χ0) is 22.9. The Kier molecular flexibility index (Phi) is 6.42. The summed E-state index contributed by atoms with van der Waals surface area (Å²) in [5, 5.41) is 0. The van der Waals surface area contributed by atoms with Crippen molar-refractivity contribution in [1.82, 2.24) is 9.88 Å². The first-order valence-corrected chi connectivity index (χ1v) is 12.4. The minimum atomic E-state index is -3.89. The van der Waals surface area contributed by atoms with Gasteiger partial charge in [-0.25, -0.2) is 17.8 Å². The summed E-state index contributed by atoms with van der Waals surface area (Å²) in [6.45, 7) is 4.21. The molecule has 1 aliphatic heterocycles. The molecule has 1 aromatic heterocycles. The van der Waals surface area contributed by atoms with Crippen LogP contribution in [0.3, 0.4) is 0 Å². The van der Waals surface area contributed by atoms with E-state index >= 15 is 4.39 Å². The average Bonchev–Trinajstić information content (AvgIpc) is 2.93. The molecule has 0 amide bonds. The predicted molar refractivity (Wildman–Crippen MR) is 120 cm³/mol. The molecule has 2 aromatic rings. The molecule has 2 aliphatic rings. The molecule has 7 nitrogen and oxygen atoms in total. The Morgan fingerprint density at radius 2 is 1.91 bits per heavy atom. The number of fused-ring (bicyclic) bond motifs is 1. The number of ether oxygens (including phenoxy) is 2. The topological polar surface area (TPSA) is 80.8 Å². The lowest BCUT2D eigenvalue weighted by molar-refractivity contribution is -0.0967. The van der Waals surface area contributed by atoms with Gasteiger partial charge in [-0.05, 0) is 49.7 Å². The second-order valence-electron chi connectivity index (χ2n) is 8.54. The van der Waals surface area contributed by atoms with E-state index in [2.05, 4.69) is 21.7 Å². The van der Waals surface area contributed by atoms with Crippen molar-refractivity contribution in [3.8, 4) is 5.88 Å². The second kappa shape index (κ2) is 8.96. The van der Waals surface area contributed by atoms with Crippen LogP contribution in [0.5, 0.6) is 5.88 Å². The molecule has 1 saturated carbocycles. The minimum absolute atomic E-state index is 0.0576. The van der Waals surface area contributed by atoms with E-state index in [0.29, 0.717) is 30.7 Å². The number of sulfonamides is 1. The molecule has 1 fully saturated rings. The minimum Gasteiger partial charge on any atom is -0.479 e. The highest BCUT2D eigenvalue weighted by molar-refractivity contribution is 7.92. The first-order valence-electron chi connectivity index (χ1n) is 10.9. The van der Waals surface area contributed by atoms with Crippen LogP contribution in [0, 0.1) is 0 Å². The van der Waals surface area contributed by atoms with Crippen molar-refractivity contribution in [2.24, 2.45) is 0 Å². The van der Waals surface area contributed by atoms with Crippen LogP contribution in [0.2, 0.25) is 0 Å². The molecule has 0 atom stereocenters. The molecule has 32 heavy (non-hydrogen) atoms. The molecule has 0 radical (unpaired) electrons. The van der Waals surface area contributed by atoms with Crippen molar-refractivity contribution in [3.05, 3.63) is 47.2 Å². The number of methoxy groups -OCH3 is 1. The Morgan fingerprint density at radius 3 is 2.56 bits per heavy atom. The maximum Gasteiger partial charge on any atom is 0.262 e. The fourth-order valence-corrected chi connectivity index (χ4v) is 5.39. The first-order chi connectivity index (χ1) is 15.2. The van der Waals surface area contributed by atoms with Crippen molar-refractivity contribution in [2.45, 2.75) is 49.3 Å². The van der Waals surface area contributed by atoms with Gasteiger partial charge in [0.15, 0.2) is 0 Å². The molecular formula is C23H30FN3O4S. The van der Waals surface area contributed by atoms with Crippen LogP contribution < -0.4 is 9.46 Å². The van der Waals surface area contributed by atoms with Gasteiger partial charge in [0.25, 0.3) is 10.0 Å². The number of likely N-dealkylation sites (N-methyl/N-ethyl adjacent to an activating group) is 1. The van der Waals surface area contributed by atoms with Crippen LogP contribution in [0.15, 0.2) is 35.2 Å². The normalized spacial score (nSPS) is 23.7. The van der Waals surface area contributed by atoms with E-state index in [9.17, 15) is 8.42 Å². The van der Waals surface area contributed by atoms with Gasteiger partial charge in [0.2, 0.25) is 5.88 Å². The van der Waals surface area contributed by atoms with E-state index in [1.807, 2.05) is 13.0 Å². The van der Waals surface area contributed by atoms with Gasteiger partial charge in [-0.2, -0.15) is 0 Å². The van der Waals surface area contributed by atoms with E-state index in [1.54, 1.807) is 12.1 Å². The lowest BCUT2D eigenvalue weighted by Gasteiger charge is -2.41. The summed E-state index contributed by atoms with van der Waals surface area (Å²) in [5.41, 5.74) is 1.25. The highest BCUT2D eigenvalue weighted by atomic mass is 32.2. The van der Waals surface area contributed by atoms with Crippen LogP contribution in [0.1, 0.15) is 36.6 Å². The largest absolute Gasteiger partial charge is 0.479 e. The predicted octanol–water partition coefficient (Wildman–Crippen LogP) is 3.29. The van der Waals surface area contributed by atoms with Crippen molar-refractivity contribution < 1.29 is 22.3 Å². The SMILES string of the molecule is CCO[C@H]1C[C@@](F)(c2ccc(S(=O)(=O)Nc3cc4c(nc3OC)CCN(C)CC4)cc2)C1. The van der Waals surface area contributed by atoms with Crippen molar-refractivity contribution in [2.75, 3.05) is 38.6 Å².